The fourth-order valence-electron chi connectivity index (χ4n) is 2.48. The van der Waals surface area contributed by atoms with Crippen LogP contribution in [0.25, 0.3) is 5.69 Å². The van der Waals surface area contributed by atoms with E-state index in [1.807, 2.05) is 0 Å². The van der Waals surface area contributed by atoms with Gasteiger partial charge in [-0.25, -0.2) is 4.68 Å². The Morgan fingerprint density at radius 3 is 3.00 bits per heavy atom. The molecule has 3 rings (SSSR count). The molecule has 110 valence electrons. The summed E-state index contributed by atoms with van der Waals surface area (Å²) in [7, 11) is 0. The molecule has 0 saturated carbocycles. The number of anilines is 1. The van der Waals surface area contributed by atoms with Gasteiger partial charge in [0.2, 0.25) is 0 Å². The van der Waals surface area contributed by atoms with Gasteiger partial charge in [0.05, 0.1) is 29.5 Å². The average Bonchev–Trinajstić information content (AvgIpc) is 2.78. The summed E-state index contributed by atoms with van der Waals surface area (Å²) in [5, 5.41) is 15.3. The number of rotatable bonds is 2. The van der Waals surface area contributed by atoms with Gasteiger partial charge in [0.15, 0.2) is 5.82 Å². The molecule has 1 aliphatic heterocycles. The van der Waals surface area contributed by atoms with Crippen molar-refractivity contribution in [3.8, 4) is 5.69 Å². The normalized spacial score (nSPS) is 14.0. The monoisotopic (exact) mass is 308 g/mol. The Labute approximate surface area is 125 Å². The summed E-state index contributed by atoms with van der Waals surface area (Å²) in [6.07, 6.45) is 0.688. The molecule has 8 heteroatoms. The smallest absolute Gasteiger partial charge is 0.288 e. The Bertz CT molecular complexity index is 742. The summed E-state index contributed by atoms with van der Waals surface area (Å²) in [6, 6.07) is 3.00. The topological polar surface area (TPSA) is 96.2 Å². The molecule has 0 saturated heterocycles. The predicted molar refractivity (Wildman–Crippen MR) is 77.7 cm³/mol. The van der Waals surface area contributed by atoms with Gasteiger partial charge in [-0.2, -0.15) is 5.10 Å². The van der Waals surface area contributed by atoms with E-state index in [1.165, 1.54) is 6.07 Å². The standard InChI is InChI=1S/C13H13ClN4O3/c1-7-4-12(18(19)20)9(14)5-11(7)17-10-2-3-21-6-8(10)13(15)16-17/h4-5H,2-3,6H2,1H3,(H2,15,16). The van der Waals surface area contributed by atoms with E-state index in [0.29, 0.717) is 36.7 Å². The molecule has 1 aromatic heterocycles. The first-order valence-electron chi connectivity index (χ1n) is 6.38. The van der Waals surface area contributed by atoms with E-state index in [2.05, 4.69) is 5.10 Å². The number of benzene rings is 1. The van der Waals surface area contributed by atoms with Crippen LogP contribution < -0.4 is 5.73 Å². The lowest BCUT2D eigenvalue weighted by molar-refractivity contribution is -0.384. The van der Waals surface area contributed by atoms with Crippen LogP contribution in [0.3, 0.4) is 0 Å². The predicted octanol–water partition coefficient (Wildman–Crippen LogP) is 2.40. The summed E-state index contributed by atoms with van der Waals surface area (Å²) in [5.41, 5.74) is 9.04. The summed E-state index contributed by atoms with van der Waals surface area (Å²) >= 11 is 6.00. The van der Waals surface area contributed by atoms with Crippen molar-refractivity contribution in [3.05, 3.63) is 44.1 Å². The lowest BCUT2D eigenvalue weighted by Crippen LogP contribution is -2.13. The molecule has 0 bridgehead atoms. The zero-order valence-corrected chi connectivity index (χ0v) is 12.1. The second kappa shape index (κ2) is 5.01. The Morgan fingerprint density at radius 2 is 2.29 bits per heavy atom. The fraction of sp³-hybridized carbons (Fsp3) is 0.308. The van der Waals surface area contributed by atoms with E-state index < -0.39 is 4.92 Å². The minimum Gasteiger partial charge on any atom is -0.382 e. The van der Waals surface area contributed by atoms with Gasteiger partial charge in [0, 0.05) is 18.1 Å². The molecule has 2 aromatic rings. The van der Waals surface area contributed by atoms with Gasteiger partial charge in [0.25, 0.3) is 5.69 Å². The van der Waals surface area contributed by atoms with Crippen molar-refractivity contribution < 1.29 is 9.66 Å². The van der Waals surface area contributed by atoms with E-state index >= 15 is 0 Å². The molecule has 0 unspecified atom stereocenters. The van der Waals surface area contributed by atoms with Crippen LogP contribution in [0.2, 0.25) is 5.02 Å². The first-order chi connectivity index (χ1) is 9.99. The average molecular weight is 309 g/mol. The molecular weight excluding hydrogens is 296 g/mol. The van der Waals surface area contributed by atoms with Crippen LogP contribution in [0.4, 0.5) is 11.5 Å². The SMILES string of the molecule is Cc1cc([N+](=O)[O-])c(Cl)cc1-n1nc(N)c2c1CCOC2. The summed E-state index contributed by atoms with van der Waals surface area (Å²) in [5.74, 6) is 0.415. The van der Waals surface area contributed by atoms with Crippen LogP contribution in [-0.2, 0) is 17.8 Å². The Hall–Kier alpha value is -2.12. The van der Waals surface area contributed by atoms with E-state index in [-0.39, 0.29) is 10.7 Å². The molecule has 0 aliphatic carbocycles. The number of aromatic nitrogens is 2. The number of nitro groups is 1. The molecule has 1 aliphatic rings. The Kier molecular flexibility index (Phi) is 3.30. The number of nitrogens with zero attached hydrogens (tertiary/aromatic N) is 3. The van der Waals surface area contributed by atoms with Crippen molar-refractivity contribution in [2.45, 2.75) is 20.0 Å². The maximum Gasteiger partial charge on any atom is 0.288 e. The molecule has 7 nitrogen and oxygen atoms in total. The third-order valence-electron chi connectivity index (χ3n) is 3.54. The molecule has 0 spiro atoms. The minimum absolute atomic E-state index is 0.0791. The zero-order valence-electron chi connectivity index (χ0n) is 11.3. The van der Waals surface area contributed by atoms with Crippen LogP contribution in [-0.4, -0.2) is 21.3 Å². The number of nitrogens with two attached hydrogens (primary N) is 1. The van der Waals surface area contributed by atoms with Gasteiger partial charge in [0.1, 0.15) is 5.02 Å². The minimum atomic E-state index is -0.500. The van der Waals surface area contributed by atoms with Gasteiger partial charge in [-0.1, -0.05) is 11.6 Å². The van der Waals surface area contributed by atoms with E-state index in [4.69, 9.17) is 22.1 Å². The highest BCUT2D eigenvalue weighted by Crippen LogP contribution is 2.32. The number of hydrogen-bond acceptors (Lipinski definition) is 5. The molecule has 1 aromatic carbocycles. The first-order valence-corrected chi connectivity index (χ1v) is 6.75. The molecule has 21 heavy (non-hydrogen) atoms. The van der Waals surface area contributed by atoms with E-state index in [0.717, 1.165) is 11.3 Å². The van der Waals surface area contributed by atoms with Crippen molar-refractivity contribution in [1.29, 1.82) is 0 Å². The number of nitro benzene ring substituents is 1. The molecular formula is C13H13ClN4O3. The summed E-state index contributed by atoms with van der Waals surface area (Å²) in [4.78, 5) is 10.4. The lowest BCUT2D eigenvalue weighted by atomic mass is 10.1. The molecule has 2 heterocycles. The quantitative estimate of drug-likeness (QED) is 0.678. The highest BCUT2D eigenvalue weighted by Gasteiger charge is 2.23. The number of aryl methyl sites for hydroxylation is 1. The number of hydrogen-bond donors (Lipinski definition) is 1. The van der Waals surface area contributed by atoms with Gasteiger partial charge < -0.3 is 10.5 Å². The van der Waals surface area contributed by atoms with Crippen molar-refractivity contribution in [2.24, 2.45) is 0 Å². The van der Waals surface area contributed by atoms with Gasteiger partial charge in [-0.05, 0) is 18.6 Å². The number of ether oxygens (including phenoxy) is 1. The molecule has 0 amide bonds. The van der Waals surface area contributed by atoms with Crippen LogP contribution >= 0.6 is 11.6 Å². The maximum atomic E-state index is 10.9. The highest BCUT2D eigenvalue weighted by molar-refractivity contribution is 6.32. The lowest BCUT2D eigenvalue weighted by Gasteiger charge is -2.16. The molecule has 0 fully saturated rings. The van der Waals surface area contributed by atoms with Crippen LogP contribution in [0, 0.1) is 17.0 Å². The zero-order chi connectivity index (χ0) is 15.1. The van der Waals surface area contributed by atoms with Crippen LogP contribution in [0.5, 0.6) is 0 Å². The second-order valence-electron chi connectivity index (χ2n) is 4.87. The number of fused-ring (bicyclic) bond motifs is 1. The maximum absolute atomic E-state index is 10.9. The van der Waals surface area contributed by atoms with Crippen molar-refractivity contribution >= 4 is 23.1 Å². The molecule has 2 N–H and O–H groups in total. The molecule has 0 atom stereocenters. The fourth-order valence-corrected chi connectivity index (χ4v) is 2.71. The van der Waals surface area contributed by atoms with Crippen LogP contribution in [0.1, 0.15) is 16.8 Å². The van der Waals surface area contributed by atoms with Gasteiger partial charge in [-0.15, -0.1) is 0 Å². The number of nitrogen functional groups attached to an aromatic ring is 1. The summed E-state index contributed by atoms with van der Waals surface area (Å²) < 4.78 is 7.09. The van der Waals surface area contributed by atoms with Crippen molar-refractivity contribution in [3.63, 3.8) is 0 Å². The first kappa shape index (κ1) is 13.8. The third-order valence-corrected chi connectivity index (χ3v) is 3.84. The van der Waals surface area contributed by atoms with Gasteiger partial charge in [-0.3, -0.25) is 10.1 Å². The Balaban J connectivity index is 2.18. The van der Waals surface area contributed by atoms with Crippen molar-refractivity contribution in [1.82, 2.24) is 9.78 Å². The van der Waals surface area contributed by atoms with Crippen LogP contribution in [0.15, 0.2) is 12.1 Å². The van der Waals surface area contributed by atoms with E-state index in [9.17, 15) is 10.1 Å². The highest BCUT2D eigenvalue weighted by atomic mass is 35.5. The summed E-state index contributed by atoms with van der Waals surface area (Å²) in [6.45, 7) is 2.81. The molecule has 0 radical (unpaired) electrons. The number of halogens is 1. The van der Waals surface area contributed by atoms with E-state index in [1.54, 1.807) is 17.7 Å². The van der Waals surface area contributed by atoms with Gasteiger partial charge >= 0.3 is 0 Å². The third kappa shape index (κ3) is 2.24. The largest absolute Gasteiger partial charge is 0.382 e. The van der Waals surface area contributed by atoms with Crippen molar-refractivity contribution in [2.75, 3.05) is 12.3 Å². The second-order valence-corrected chi connectivity index (χ2v) is 5.28. The Morgan fingerprint density at radius 1 is 1.52 bits per heavy atom.